The molecule has 1 aromatic carbocycles. The maximum absolute atomic E-state index is 12.7. The second-order valence-corrected chi connectivity index (χ2v) is 11.6. The average Bonchev–Trinajstić information content (AvgIpc) is 3.31. The number of benzene rings is 1. The monoisotopic (exact) mass is 535 g/mol. The molecular weight excluding hydrogens is 500 g/mol. The minimum absolute atomic E-state index is 0. The van der Waals surface area contributed by atoms with Gasteiger partial charge in [-0.25, -0.2) is 4.21 Å². The van der Waals surface area contributed by atoms with Crippen LogP contribution in [-0.4, -0.2) is 31.1 Å². The summed E-state index contributed by atoms with van der Waals surface area (Å²) < 4.78 is 38.8. The second kappa shape index (κ2) is 12.6. The van der Waals surface area contributed by atoms with Gasteiger partial charge in [-0.05, 0) is 68.2 Å². The predicted molar refractivity (Wildman–Crippen MR) is 138 cm³/mol. The zero-order chi connectivity index (χ0) is 25.7. The third kappa shape index (κ3) is 6.73. The topological polar surface area (TPSA) is 145 Å². The van der Waals surface area contributed by atoms with Gasteiger partial charge in [-0.2, -0.15) is 19.1 Å². The lowest BCUT2D eigenvalue weighted by Gasteiger charge is -2.40. The van der Waals surface area contributed by atoms with Gasteiger partial charge in [-0.3, -0.25) is 9.48 Å². The van der Waals surface area contributed by atoms with Crippen LogP contribution in [0, 0.1) is 23.2 Å². The molecule has 8 nitrogen and oxygen atoms in total. The Bertz CT molecular complexity index is 1120. The normalized spacial score (nSPS) is 23.1. The molecule has 1 heterocycles. The molecule has 2 aromatic rings. The Morgan fingerprint density at radius 3 is 2.35 bits per heavy atom. The summed E-state index contributed by atoms with van der Waals surface area (Å²) in [6.07, 6.45) is 13.5. The SMILES string of the molecule is N#CCC1(n2cc(C(N)=O)c(Nc3ccc(S(=O)C(F)F)cc3)n2)CCC(CC2CCCCC2)CC1.O. The first kappa shape index (κ1) is 28.7. The standard InChI is InChI=1S/C26H33F2N5O2S.H2O/c27-25(28)36(35)21-8-6-20(7-9-21)31-24-22(23(30)34)17-33(32-24)26(14-15-29)12-10-19(11-13-26)16-18-4-2-1-3-5-18;/h6-9,17-19,25H,1-5,10-14,16H2,(H2,30,34)(H,31,32);1H2. The Labute approximate surface area is 218 Å². The van der Waals surface area contributed by atoms with Crippen molar-refractivity contribution in [2.24, 2.45) is 17.6 Å². The smallest absolute Gasteiger partial charge is 0.316 e. The number of alkyl halides is 2. The number of hydrogen-bond acceptors (Lipinski definition) is 5. The molecule has 4 rings (SSSR count). The highest BCUT2D eigenvalue weighted by Gasteiger charge is 2.39. The van der Waals surface area contributed by atoms with Crippen molar-refractivity contribution >= 4 is 28.2 Å². The number of carbonyl (C=O) groups excluding carboxylic acids is 1. The molecule has 5 N–H and O–H groups in total. The summed E-state index contributed by atoms with van der Waals surface area (Å²) in [6, 6.07) is 8.01. The molecular formula is C26H35F2N5O3S. The van der Waals surface area contributed by atoms with Crippen molar-refractivity contribution in [1.82, 2.24) is 9.78 Å². The summed E-state index contributed by atoms with van der Waals surface area (Å²) in [5, 5.41) is 17.3. The maximum Gasteiger partial charge on any atom is 0.316 e. The van der Waals surface area contributed by atoms with Gasteiger partial charge in [0.2, 0.25) is 0 Å². The maximum atomic E-state index is 12.7. The van der Waals surface area contributed by atoms with Crippen molar-refractivity contribution in [1.29, 1.82) is 5.26 Å². The van der Waals surface area contributed by atoms with Crippen LogP contribution < -0.4 is 11.1 Å². The molecule has 11 heteroatoms. The van der Waals surface area contributed by atoms with E-state index in [-0.39, 0.29) is 28.2 Å². The van der Waals surface area contributed by atoms with Gasteiger partial charge in [0.05, 0.1) is 18.0 Å². The lowest BCUT2D eigenvalue weighted by atomic mass is 9.71. The Balaban J connectivity index is 0.00000380. The summed E-state index contributed by atoms with van der Waals surface area (Å²) in [5.74, 6) is -1.90. The number of rotatable bonds is 9. The van der Waals surface area contributed by atoms with Crippen molar-refractivity contribution in [2.45, 2.75) is 86.8 Å². The molecule has 1 atom stereocenters. The number of anilines is 2. The first-order valence-corrected chi connectivity index (χ1v) is 13.9. The van der Waals surface area contributed by atoms with Crippen molar-refractivity contribution < 1.29 is 23.3 Å². The lowest BCUT2D eigenvalue weighted by Crippen LogP contribution is -2.38. The van der Waals surface area contributed by atoms with Gasteiger partial charge in [0.1, 0.15) is 16.4 Å². The largest absolute Gasteiger partial charge is 0.412 e. The number of primary amides is 1. The minimum Gasteiger partial charge on any atom is -0.412 e. The molecule has 2 fully saturated rings. The highest BCUT2D eigenvalue weighted by molar-refractivity contribution is 7.85. The molecule has 2 saturated carbocycles. The van der Waals surface area contributed by atoms with Crippen LogP contribution in [-0.2, 0) is 16.3 Å². The van der Waals surface area contributed by atoms with Gasteiger partial charge in [0, 0.05) is 16.8 Å². The van der Waals surface area contributed by atoms with Gasteiger partial charge in [-0.15, -0.1) is 0 Å². The molecule has 0 bridgehead atoms. The number of hydrogen-bond donors (Lipinski definition) is 2. The van der Waals surface area contributed by atoms with Gasteiger partial charge in [0.25, 0.3) is 5.91 Å². The Morgan fingerprint density at radius 2 is 1.78 bits per heavy atom. The van der Waals surface area contributed by atoms with E-state index >= 15 is 0 Å². The fourth-order valence-electron chi connectivity index (χ4n) is 5.78. The van der Waals surface area contributed by atoms with Crippen LogP contribution in [0.15, 0.2) is 35.4 Å². The molecule has 202 valence electrons. The number of nitrogens with one attached hydrogen (secondary N) is 1. The number of nitrogens with zero attached hydrogens (tertiary/aromatic N) is 3. The number of nitriles is 1. The zero-order valence-corrected chi connectivity index (χ0v) is 21.6. The molecule has 1 amide bonds. The number of aromatic nitrogens is 2. The quantitative estimate of drug-likeness (QED) is 0.464. The zero-order valence-electron chi connectivity index (χ0n) is 20.8. The lowest BCUT2D eigenvalue weighted by molar-refractivity contribution is 0.0999. The van der Waals surface area contributed by atoms with E-state index in [1.807, 2.05) is 0 Å². The van der Waals surface area contributed by atoms with E-state index in [9.17, 15) is 23.0 Å². The minimum atomic E-state index is -2.96. The first-order chi connectivity index (χ1) is 17.3. The van der Waals surface area contributed by atoms with Crippen molar-refractivity contribution in [3.63, 3.8) is 0 Å². The summed E-state index contributed by atoms with van der Waals surface area (Å²) in [6.45, 7) is 0. The van der Waals surface area contributed by atoms with Crippen LogP contribution in [0.5, 0.6) is 0 Å². The van der Waals surface area contributed by atoms with Crippen LogP contribution in [0.4, 0.5) is 20.3 Å². The Morgan fingerprint density at radius 1 is 1.16 bits per heavy atom. The van der Waals surface area contributed by atoms with Crippen molar-refractivity contribution in [2.75, 3.05) is 5.32 Å². The fourth-order valence-corrected chi connectivity index (χ4v) is 6.39. The van der Waals surface area contributed by atoms with Crippen LogP contribution in [0.3, 0.4) is 0 Å². The van der Waals surface area contributed by atoms with Crippen molar-refractivity contribution in [3.8, 4) is 6.07 Å². The molecule has 2 aliphatic carbocycles. The summed E-state index contributed by atoms with van der Waals surface area (Å²) >= 11 is 0. The van der Waals surface area contributed by atoms with E-state index in [0.717, 1.165) is 31.6 Å². The van der Waals surface area contributed by atoms with Gasteiger partial charge in [0.15, 0.2) is 5.82 Å². The molecule has 0 saturated heterocycles. The fraction of sp³-hybridized carbons (Fsp3) is 0.577. The molecule has 0 aliphatic heterocycles. The Hall–Kier alpha value is -2.84. The van der Waals surface area contributed by atoms with Crippen molar-refractivity contribution in [3.05, 3.63) is 36.0 Å². The summed E-state index contributed by atoms with van der Waals surface area (Å²) in [7, 11) is -2.40. The molecule has 0 spiro atoms. The van der Waals surface area contributed by atoms with Gasteiger partial charge < -0.3 is 16.5 Å². The third-order valence-corrected chi connectivity index (χ3v) is 8.87. The van der Waals surface area contributed by atoms with Crippen LogP contribution in [0.2, 0.25) is 0 Å². The Kier molecular flexibility index (Phi) is 9.79. The molecule has 1 unspecified atom stereocenters. The third-order valence-electron chi connectivity index (χ3n) is 7.81. The molecule has 37 heavy (non-hydrogen) atoms. The summed E-state index contributed by atoms with van der Waals surface area (Å²) in [4.78, 5) is 12.2. The van der Waals surface area contributed by atoms with Gasteiger partial charge in [-0.1, -0.05) is 32.1 Å². The van der Waals surface area contributed by atoms with Crippen LogP contribution in [0.1, 0.15) is 81.0 Å². The van der Waals surface area contributed by atoms with Crippen LogP contribution >= 0.6 is 0 Å². The van der Waals surface area contributed by atoms with E-state index in [1.54, 1.807) is 10.9 Å². The van der Waals surface area contributed by atoms with Gasteiger partial charge >= 0.3 is 5.76 Å². The van der Waals surface area contributed by atoms with E-state index in [1.165, 1.54) is 62.8 Å². The number of nitrogens with two attached hydrogens (primary N) is 1. The van der Waals surface area contributed by atoms with Crippen LogP contribution in [0.25, 0.3) is 0 Å². The first-order valence-electron chi connectivity index (χ1n) is 12.6. The average molecular weight is 536 g/mol. The van der Waals surface area contributed by atoms with E-state index < -0.39 is 28.0 Å². The van der Waals surface area contributed by atoms with E-state index in [4.69, 9.17) is 5.73 Å². The molecule has 2 aliphatic rings. The number of amides is 1. The van der Waals surface area contributed by atoms with E-state index in [2.05, 4.69) is 16.5 Å². The van der Waals surface area contributed by atoms with E-state index in [0.29, 0.717) is 11.6 Å². The highest BCUT2D eigenvalue weighted by atomic mass is 32.2. The predicted octanol–water partition coefficient (Wildman–Crippen LogP) is 5.00. The second-order valence-electron chi connectivity index (χ2n) is 10.1. The molecule has 1 aromatic heterocycles. The number of halogens is 2. The summed E-state index contributed by atoms with van der Waals surface area (Å²) in [5.41, 5.74) is 5.81. The molecule has 0 radical (unpaired) electrons. The highest BCUT2D eigenvalue weighted by Crippen LogP contribution is 2.44. The number of carbonyl (C=O) groups is 1.